The van der Waals surface area contributed by atoms with Gasteiger partial charge in [-0.2, -0.15) is 4.31 Å². The fourth-order valence-electron chi connectivity index (χ4n) is 3.21. The van der Waals surface area contributed by atoms with Gasteiger partial charge in [-0.05, 0) is 31.2 Å². The molecule has 3 rings (SSSR count). The molecule has 154 valence electrons. The fourth-order valence-corrected chi connectivity index (χ4v) is 6.09. The van der Waals surface area contributed by atoms with E-state index in [-0.39, 0.29) is 67.1 Å². The molecule has 10 heteroatoms. The summed E-state index contributed by atoms with van der Waals surface area (Å²) in [6.45, 7) is 6.07. The first-order chi connectivity index (χ1) is 13.7. The summed E-state index contributed by atoms with van der Waals surface area (Å²) in [7, 11) is -3.80. The number of carboxylic acid groups (broad SMARTS) is 1. The molecule has 30 heavy (non-hydrogen) atoms. The number of aromatic nitrogens is 1. The number of nitrogens with zero attached hydrogens (tertiary/aromatic N) is 2. The van der Waals surface area contributed by atoms with Gasteiger partial charge < -0.3 is 9.90 Å². The molecular formula is C20H20ClKN2O4S2. The van der Waals surface area contributed by atoms with Crippen molar-refractivity contribution in [2.45, 2.75) is 30.6 Å². The van der Waals surface area contributed by atoms with Crippen molar-refractivity contribution in [1.29, 1.82) is 0 Å². The number of benzene rings is 2. The summed E-state index contributed by atoms with van der Waals surface area (Å²) in [5, 5.41) is 12.5. The van der Waals surface area contributed by atoms with Crippen LogP contribution in [0.3, 0.4) is 0 Å². The molecule has 3 aromatic rings. The summed E-state index contributed by atoms with van der Waals surface area (Å²) in [6.07, 6.45) is 0. The zero-order valence-electron chi connectivity index (χ0n) is 17.2. The molecule has 0 aliphatic rings. The minimum absolute atomic E-state index is 0. The number of hydrogen-bond acceptors (Lipinski definition) is 6. The van der Waals surface area contributed by atoms with Crippen LogP contribution in [0, 0.1) is 6.92 Å². The smallest absolute Gasteiger partial charge is 0.549 e. The number of rotatable bonds is 7. The maximum absolute atomic E-state index is 13.1. The van der Waals surface area contributed by atoms with E-state index in [9.17, 15) is 18.3 Å². The van der Waals surface area contributed by atoms with Gasteiger partial charge in [-0.3, -0.25) is 0 Å². The molecule has 2 aromatic carbocycles. The number of sulfonamides is 1. The number of fused-ring (bicyclic) bond motifs is 2. The van der Waals surface area contributed by atoms with Crippen LogP contribution in [0.15, 0.2) is 40.1 Å². The Kier molecular flexibility index (Phi) is 9.18. The average Bonchev–Trinajstić information content (AvgIpc) is 2.65. The summed E-state index contributed by atoms with van der Waals surface area (Å²) in [5.74, 6) is -1.46. The van der Waals surface area contributed by atoms with Crippen molar-refractivity contribution < 1.29 is 69.7 Å². The third-order valence-corrected chi connectivity index (χ3v) is 8.21. The van der Waals surface area contributed by atoms with Gasteiger partial charge in [0, 0.05) is 34.5 Å². The van der Waals surface area contributed by atoms with Gasteiger partial charge in [0.2, 0.25) is 10.0 Å². The van der Waals surface area contributed by atoms with E-state index in [0.29, 0.717) is 34.4 Å². The summed E-state index contributed by atoms with van der Waals surface area (Å²) < 4.78 is 27.5. The van der Waals surface area contributed by atoms with E-state index >= 15 is 0 Å². The Bertz CT molecular complexity index is 1210. The van der Waals surface area contributed by atoms with Crippen molar-refractivity contribution in [3.63, 3.8) is 0 Å². The Morgan fingerprint density at radius 3 is 2.37 bits per heavy atom. The standard InChI is InChI=1S/C20H21ClN2O4S2.K/c1-4-23(5-2)29(26,27)18-9-14-17(10-15(18)21)22-16-7-6-12(3)8-13(16)20(14)28-11-19(24)25;/h6-10H,4-5,11H2,1-3H3,(H,24,25);/q;+1/p-1. The van der Waals surface area contributed by atoms with Crippen LogP contribution < -0.4 is 56.5 Å². The summed E-state index contributed by atoms with van der Waals surface area (Å²) in [4.78, 5) is 16.3. The van der Waals surface area contributed by atoms with Crippen molar-refractivity contribution in [2.24, 2.45) is 0 Å². The molecule has 0 fully saturated rings. The van der Waals surface area contributed by atoms with Gasteiger partial charge in [-0.1, -0.05) is 37.1 Å². The van der Waals surface area contributed by atoms with E-state index < -0.39 is 16.0 Å². The predicted molar refractivity (Wildman–Crippen MR) is 115 cm³/mol. The number of aryl methyl sites for hydroxylation is 1. The first-order valence-corrected chi connectivity index (χ1v) is 11.9. The Hall–Kier alpha value is -0.234. The van der Waals surface area contributed by atoms with E-state index in [1.165, 1.54) is 16.4 Å². The minimum Gasteiger partial charge on any atom is -0.549 e. The van der Waals surface area contributed by atoms with E-state index in [1.807, 2.05) is 25.1 Å². The molecule has 0 atom stereocenters. The topological polar surface area (TPSA) is 90.4 Å². The van der Waals surface area contributed by atoms with Gasteiger partial charge in [0.15, 0.2) is 0 Å². The second-order valence-corrected chi connectivity index (χ2v) is 9.81. The second kappa shape index (κ2) is 10.6. The van der Waals surface area contributed by atoms with Crippen LogP contribution in [-0.4, -0.2) is 42.5 Å². The summed E-state index contributed by atoms with van der Waals surface area (Å²) in [5.41, 5.74) is 2.17. The number of thioether (sulfide) groups is 1. The Balaban J connectivity index is 0.00000320. The molecule has 0 amide bonds. The van der Waals surface area contributed by atoms with Crippen LogP contribution in [0.25, 0.3) is 21.8 Å². The van der Waals surface area contributed by atoms with Crippen LogP contribution in [0.1, 0.15) is 19.4 Å². The molecule has 1 aromatic heterocycles. The van der Waals surface area contributed by atoms with Crippen LogP contribution in [-0.2, 0) is 14.8 Å². The molecule has 0 N–H and O–H groups in total. The van der Waals surface area contributed by atoms with Gasteiger partial charge in [0.1, 0.15) is 4.90 Å². The second-order valence-electron chi connectivity index (χ2n) is 6.51. The first-order valence-electron chi connectivity index (χ1n) is 9.05. The third-order valence-electron chi connectivity index (χ3n) is 4.59. The number of hydrogen-bond donors (Lipinski definition) is 0. The maximum Gasteiger partial charge on any atom is 1.00 e. The first kappa shape index (κ1) is 26.0. The van der Waals surface area contributed by atoms with Crippen LogP contribution in [0.5, 0.6) is 0 Å². The van der Waals surface area contributed by atoms with Gasteiger partial charge in [-0.25, -0.2) is 13.4 Å². The zero-order chi connectivity index (χ0) is 21.3. The number of carboxylic acids is 1. The zero-order valence-corrected chi connectivity index (χ0v) is 22.7. The van der Waals surface area contributed by atoms with E-state index in [0.717, 1.165) is 22.7 Å². The normalized spacial score (nSPS) is 11.8. The molecule has 0 aliphatic carbocycles. The molecule has 0 aliphatic heterocycles. The summed E-state index contributed by atoms with van der Waals surface area (Å²) in [6, 6.07) is 8.69. The number of aliphatic carboxylic acids is 1. The monoisotopic (exact) mass is 490 g/mol. The van der Waals surface area contributed by atoms with Gasteiger partial charge in [0.25, 0.3) is 0 Å². The predicted octanol–water partition coefficient (Wildman–Crippen LogP) is 0.226. The molecule has 0 saturated heterocycles. The van der Waals surface area contributed by atoms with Gasteiger partial charge in [-0.15, -0.1) is 11.8 Å². The molecule has 0 bridgehead atoms. The van der Waals surface area contributed by atoms with Crippen molar-refractivity contribution in [1.82, 2.24) is 9.29 Å². The number of halogens is 1. The van der Waals surface area contributed by atoms with E-state index in [1.54, 1.807) is 13.8 Å². The van der Waals surface area contributed by atoms with Crippen molar-refractivity contribution in [3.05, 3.63) is 40.9 Å². The molecule has 1 heterocycles. The Morgan fingerprint density at radius 1 is 1.13 bits per heavy atom. The van der Waals surface area contributed by atoms with Crippen LogP contribution >= 0.6 is 23.4 Å². The summed E-state index contributed by atoms with van der Waals surface area (Å²) >= 11 is 7.43. The largest absolute Gasteiger partial charge is 1.00 e. The number of carbonyl (C=O) groups excluding carboxylic acids is 1. The van der Waals surface area contributed by atoms with E-state index in [2.05, 4.69) is 4.98 Å². The third kappa shape index (κ3) is 5.21. The van der Waals surface area contributed by atoms with Crippen molar-refractivity contribution >= 4 is 61.2 Å². The molecule has 0 saturated carbocycles. The molecule has 0 unspecified atom stereocenters. The van der Waals surface area contributed by atoms with Crippen molar-refractivity contribution in [2.75, 3.05) is 18.8 Å². The van der Waals surface area contributed by atoms with E-state index in [4.69, 9.17) is 11.6 Å². The van der Waals surface area contributed by atoms with Crippen molar-refractivity contribution in [3.8, 4) is 0 Å². The molecular weight excluding hydrogens is 471 g/mol. The van der Waals surface area contributed by atoms with Crippen LogP contribution in [0.2, 0.25) is 5.02 Å². The quantitative estimate of drug-likeness (QED) is 0.267. The average molecular weight is 491 g/mol. The number of carbonyl (C=O) groups is 1. The maximum atomic E-state index is 13.1. The SMILES string of the molecule is CCN(CC)S(=O)(=O)c1cc2c(SCC(=O)[O-])c3cc(C)ccc3nc2cc1Cl.[K+]. The molecule has 0 spiro atoms. The van der Waals surface area contributed by atoms with Gasteiger partial charge >= 0.3 is 51.4 Å². The minimum atomic E-state index is -3.80. The molecule has 0 radical (unpaired) electrons. The fraction of sp³-hybridized carbons (Fsp3) is 0.300. The number of pyridine rings is 1. The molecule has 6 nitrogen and oxygen atoms in total. The van der Waals surface area contributed by atoms with Crippen LogP contribution in [0.4, 0.5) is 0 Å². The van der Waals surface area contributed by atoms with Gasteiger partial charge in [0.05, 0.1) is 22.0 Å². The Labute approximate surface area is 227 Å². The Morgan fingerprint density at radius 2 is 1.77 bits per heavy atom.